The summed E-state index contributed by atoms with van der Waals surface area (Å²) < 4.78 is 18.5. The lowest BCUT2D eigenvalue weighted by Crippen LogP contribution is -2.29. The molecule has 0 saturated carbocycles. The predicted molar refractivity (Wildman–Crippen MR) is 79.8 cm³/mol. The first-order chi connectivity index (χ1) is 9.94. The summed E-state index contributed by atoms with van der Waals surface area (Å²) in [6, 6.07) is 7.82. The molecule has 0 fully saturated rings. The highest BCUT2D eigenvalue weighted by Crippen LogP contribution is 2.19. The van der Waals surface area contributed by atoms with Crippen molar-refractivity contribution in [3.8, 4) is 0 Å². The van der Waals surface area contributed by atoms with E-state index in [2.05, 4.69) is 5.32 Å². The summed E-state index contributed by atoms with van der Waals surface area (Å²) in [7, 11) is 1.81. The van der Waals surface area contributed by atoms with Gasteiger partial charge >= 0.3 is 0 Å². The van der Waals surface area contributed by atoms with Gasteiger partial charge in [0.2, 0.25) is 5.91 Å². The number of halogens is 2. The summed E-state index contributed by atoms with van der Waals surface area (Å²) >= 11 is 5.66. The fourth-order valence-corrected chi connectivity index (χ4v) is 2.09. The zero-order valence-corrected chi connectivity index (χ0v) is 12.6. The average molecular weight is 311 g/mol. The number of anilines is 1. The molecule has 1 heterocycles. The van der Waals surface area contributed by atoms with Crippen LogP contribution in [0.1, 0.15) is 11.5 Å². The molecule has 4 nitrogen and oxygen atoms in total. The molecule has 0 aliphatic carbocycles. The van der Waals surface area contributed by atoms with Crippen LogP contribution in [-0.2, 0) is 11.3 Å². The van der Waals surface area contributed by atoms with E-state index in [0.29, 0.717) is 12.2 Å². The van der Waals surface area contributed by atoms with Gasteiger partial charge in [0.15, 0.2) is 0 Å². The molecule has 0 saturated heterocycles. The minimum Gasteiger partial charge on any atom is -0.465 e. The highest BCUT2D eigenvalue weighted by atomic mass is 35.5. The molecule has 21 heavy (non-hydrogen) atoms. The molecule has 0 bridgehead atoms. The number of hydrogen-bond donors (Lipinski definition) is 1. The second kappa shape index (κ2) is 6.74. The first-order valence-corrected chi connectivity index (χ1v) is 6.80. The van der Waals surface area contributed by atoms with Gasteiger partial charge in [-0.25, -0.2) is 4.39 Å². The number of hydrogen-bond acceptors (Lipinski definition) is 3. The van der Waals surface area contributed by atoms with Gasteiger partial charge in [-0.3, -0.25) is 9.69 Å². The van der Waals surface area contributed by atoms with E-state index in [1.807, 2.05) is 31.0 Å². The number of nitrogens with zero attached hydrogens (tertiary/aromatic N) is 1. The van der Waals surface area contributed by atoms with E-state index in [-0.39, 0.29) is 17.5 Å². The third kappa shape index (κ3) is 4.58. The van der Waals surface area contributed by atoms with E-state index in [0.717, 1.165) is 11.5 Å². The Labute approximate surface area is 127 Å². The van der Waals surface area contributed by atoms with Gasteiger partial charge in [0, 0.05) is 5.69 Å². The van der Waals surface area contributed by atoms with Crippen molar-refractivity contribution < 1.29 is 13.6 Å². The number of likely N-dealkylation sites (N-methyl/N-ethyl adjacent to an activating group) is 1. The van der Waals surface area contributed by atoms with Crippen LogP contribution in [0.4, 0.5) is 10.1 Å². The van der Waals surface area contributed by atoms with Crippen molar-refractivity contribution in [1.29, 1.82) is 0 Å². The quantitative estimate of drug-likeness (QED) is 0.920. The van der Waals surface area contributed by atoms with Gasteiger partial charge in [0.05, 0.1) is 18.1 Å². The van der Waals surface area contributed by atoms with E-state index in [9.17, 15) is 9.18 Å². The van der Waals surface area contributed by atoms with E-state index >= 15 is 0 Å². The van der Waals surface area contributed by atoms with Gasteiger partial charge in [-0.1, -0.05) is 11.6 Å². The van der Waals surface area contributed by atoms with Crippen molar-refractivity contribution in [2.75, 3.05) is 18.9 Å². The smallest absolute Gasteiger partial charge is 0.238 e. The van der Waals surface area contributed by atoms with Crippen molar-refractivity contribution in [3.05, 3.63) is 52.7 Å². The van der Waals surface area contributed by atoms with Crippen LogP contribution >= 0.6 is 11.6 Å². The molecular formula is C15H16ClFN2O2. The number of carbonyl (C=O) groups excluding carboxylic acids is 1. The summed E-state index contributed by atoms with van der Waals surface area (Å²) in [5, 5.41) is 2.65. The zero-order valence-electron chi connectivity index (χ0n) is 11.8. The molecule has 0 radical (unpaired) electrons. The van der Waals surface area contributed by atoms with Crippen molar-refractivity contribution >= 4 is 23.2 Å². The first kappa shape index (κ1) is 15.5. The van der Waals surface area contributed by atoms with Crippen LogP contribution in [0.25, 0.3) is 0 Å². The highest BCUT2D eigenvalue weighted by molar-refractivity contribution is 6.31. The van der Waals surface area contributed by atoms with Crippen LogP contribution in [0.3, 0.4) is 0 Å². The number of amides is 1. The maximum atomic E-state index is 13.0. The summed E-state index contributed by atoms with van der Waals surface area (Å²) in [5.74, 6) is 0.917. The van der Waals surface area contributed by atoms with Crippen LogP contribution in [0, 0.1) is 12.7 Å². The number of furan rings is 1. The van der Waals surface area contributed by atoms with Crippen molar-refractivity contribution in [2.45, 2.75) is 13.5 Å². The molecule has 6 heteroatoms. The van der Waals surface area contributed by atoms with Gasteiger partial charge in [-0.05, 0) is 44.3 Å². The lowest BCUT2D eigenvalue weighted by molar-refractivity contribution is -0.117. The number of aryl methyl sites for hydroxylation is 1. The third-order valence-corrected chi connectivity index (χ3v) is 3.13. The topological polar surface area (TPSA) is 45.5 Å². The molecule has 1 amide bonds. The Morgan fingerprint density at radius 3 is 2.76 bits per heavy atom. The van der Waals surface area contributed by atoms with Crippen molar-refractivity contribution in [2.24, 2.45) is 0 Å². The summed E-state index contributed by atoms with van der Waals surface area (Å²) in [6.45, 7) is 2.59. The van der Waals surface area contributed by atoms with Crippen LogP contribution < -0.4 is 5.32 Å². The molecule has 0 aliphatic rings. The molecule has 0 aliphatic heterocycles. The number of nitrogens with one attached hydrogen (secondary N) is 1. The molecule has 1 N–H and O–H groups in total. The number of carbonyl (C=O) groups is 1. The minimum absolute atomic E-state index is 0.0211. The van der Waals surface area contributed by atoms with E-state index in [1.165, 1.54) is 18.2 Å². The second-order valence-electron chi connectivity index (χ2n) is 4.86. The largest absolute Gasteiger partial charge is 0.465 e. The first-order valence-electron chi connectivity index (χ1n) is 6.43. The lowest BCUT2D eigenvalue weighted by atomic mass is 10.3. The van der Waals surface area contributed by atoms with Gasteiger partial charge in [0.1, 0.15) is 17.3 Å². The molecule has 112 valence electrons. The van der Waals surface area contributed by atoms with Crippen molar-refractivity contribution in [3.63, 3.8) is 0 Å². The third-order valence-electron chi connectivity index (χ3n) is 2.84. The summed E-state index contributed by atoms with van der Waals surface area (Å²) in [5.41, 5.74) is 0.466. The minimum atomic E-state index is -0.514. The van der Waals surface area contributed by atoms with E-state index < -0.39 is 5.82 Å². The van der Waals surface area contributed by atoms with Gasteiger partial charge in [-0.2, -0.15) is 0 Å². The molecule has 0 atom stereocenters. The maximum absolute atomic E-state index is 13.0. The predicted octanol–water partition coefficient (Wildman–Crippen LogP) is 3.45. The van der Waals surface area contributed by atoms with Crippen LogP contribution in [0.15, 0.2) is 34.7 Å². The molecular weight excluding hydrogens is 295 g/mol. The average Bonchev–Trinajstić information content (AvgIpc) is 2.79. The molecule has 2 rings (SSSR count). The number of rotatable bonds is 5. The SMILES string of the molecule is Cc1ccc(CN(C)CC(=O)Nc2ccc(F)c(Cl)c2)o1. The van der Waals surface area contributed by atoms with Crippen LogP contribution in [0.2, 0.25) is 5.02 Å². The number of benzene rings is 1. The molecule has 0 spiro atoms. The molecule has 0 unspecified atom stereocenters. The normalized spacial score (nSPS) is 10.9. The zero-order chi connectivity index (χ0) is 15.4. The van der Waals surface area contributed by atoms with Crippen LogP contribution in [-0.4, -0.2) is 24.4 Å². The Hall–Kier alpha value is -1.85. The van der Waals surface area contributed by atoms with Gasteiger partial charge in [-0.15, -0.1) is 0 Å². The Balaban J connectivity index is 1.87. The standard InChI is InChI=1S/C15H16ClFN2O2/c1-10-3-5-12(21-10)8-19(2)9-15(20)18-11-4-6-14(17)13(16)7-11/h3-7H,8-9H2,1-2H3,(H,18,20). The van der Waals surface area contributed by atoms with Gasteiger partial charge in [0.25, 0.3) is 0 Å². The highest BCUT2D eigenvalue weighted by Gasteiger charge is 2.10. The maximum Gasteiger partial charge on any atom is 0.238 e. The van der Waals surface area contributed by atoms with Crippen LogP contribution in [0.5, 0.6) is 0 Å². The van der Waals surface area contributed by atoms with E-state index in [1.54, 1.807) is 0 Å². The Kier molecular flexibility index (Phi) is 4.98. The fourth-order valence-electron chi connectivity index (χ4n) is 1.91. The lowest BCUT2D eigenvalue weighted by Gasteiger charge is -2.15. The fraction of sp³-hybridized carbons (Fsp3) is 0.267. The molecule has 1 aromatic carbocycles. The van der Waals surface area contributed by atoms with Crippen molar-refractivity contribution in [1.82, 2.24) is 4.90 Å². The Bertz CT molecular complexity index is 642. The second-order valence-corrected chi connectivity index (χ2v) is 5.27. The Morgan fingerprint density at radius 1 is 1.38 bits per heavy atom. The molecule has 1 aromatic heterocycles. The Morgan fingerprint density at radius 2 is 2.14 bits per heavy atom. The monoisotopic (exact) mass is 310 g/mol. The van der Waals surface area contributed by atoms with E-state index in [4.69, 9.17) is 16.0 Å². The van der Waals surface area contributed by atoms with Gasteiger partial charge < -0.3 is 9.73 Å². The molecule has 2 aromatic rings. The summed E-state index contributed by atoms with van der Waals surface area (Å²) in [6.07, 6.45) is 0. The summed E-state index contributed by atoms with van der Waals surface area (Å²) in [4.78, 5) is 13.7.